The van der Waals surface area contributed by atoms with Crippen LogP contribution < -0.4 is 16.1 Å². The Morgan fingerprint density at radius 2 is 1.59 bits per heavy atom. The number of esters is 1. The highest BCUT2D eigenvalue weighted by Crippen LogP contribution is 2.21. The fraction of sp³-hybridized carbons (Fsp3) is 0.500. The van der Waals surface area contributed by atoms with E-state index >= 15 is 0 Å². The molecule has 2 aromatic carbocycles. The van der Waals surface area contributed by atoms with Gasteiger partial charge < -0.3 is 15.4 Å². The average Bonchev–Trinajstić information content (AvgIpc) is 3.01. The zero-order chi connectivity index (χ0) is 32.2. The predicted molar refractivity (Wildman–Crippen MR) is 168 cm³/mol. The number of benzene rings is 2. The number of amides is 3. The number of carbonyl (C=O) groups excluding carboxylic acids is 5. The first-order chi connectivity index (χ1) is 21.0. The molecule has 1 heterocycles. The van der Waals surface area contributed by atoms with Crippen LogP contribution in [-0.2, 0) is 30.3 Å². The van der Waals surface area contributed by atoms with E-state index < -0.39 is 36.4 Å². The minimum absolute atomic E-state index is 0.0369. The first-order valence-electron chi connectivity index (χ1n) is 15.5. The van der Waals surface area contributed by atoms with E-state index in [0.717, 1.165) is 17.5 Å². The quantitative estimate of drug-likeness (QED) is 0.278. The number of hydrogen-bond donors (Lipinski definition) is 3. The molecule has 0 aromatic heterocycles. The first kappa shape index (κ1) is 34.4. The number of hydrazine groups is 1. The van der Waals surface area contributed by atoms with Crippen LogP contribution in [0.4, 0.5) is 0 Å². The smallest absolute Gasteiger partial charge is 0.338 e. The Labute approximate surface area is 260 Å². The van der Waals surface area contributed by atoms with Crippen LogP contribution in [0.15, 0.2) is 48.5 Å². The molecular formula is C34H46N4O6. The summed E-state index contributed by atoms with van der Waals surface area (Å²) < 4.78 is 5.32. The van der Waals surface area contributed by atoms with E-state index in [0.29, 0.717) is 31.4 Å². The van der Waals surface area contributed by atoms with Crippen LogP contribution in [0.1, 0.15) is 76.2 Å². The summed E-state index contributed by atoms with van der Waals surface area (Å²) in [5.74, 6) is -2.04. The van der Waals surface area contributed by atoms with Gasteiger partial charge in [-0.25, -0.2) is 10.2 Å². The Morgan fingerprint density at radius 1 is 0.955 bits per heavy atom. The largest absolute Gasteiger partial charge is 0.454 e. The maximum absolute atomic E-state index is 13.3. The highest BCUT2D eigenvalue weighted by molar-refractivity contribution is 5.96. The van der Waals surface area contributed by atoms with Gasteiger partial charge in [-0.2, -0.15) is 0 Å². The zero-order valence-corrected chi connectivity index (χ0v) is 26.5. The van der Waals surface area contributed by atoms with E-state index in [9.17, 15) is 24.0 Å². The number of carbonyl (C=O) groups is 5. The van der Waals surface area contributed by atoms with Gasteiger partial charge in [0.2, 0.25) is 17.7 Å². The maximum atomic E-state index is 13.3. The van der Waals surface area contributed by atoms with Crippen LogP contribution in [-0.4, -0.2) is 66.3 Å². The molecule has 0 aliphatic carbocycles. The van der Waals surface area contributed by atoms with Crippen molar-refractivity contribution < 1.29 is 28.7 Å². The zero-order valence-electron chi connectivity index (χ0n) is 26.5. The number of ketones is 1. The van der Waals surface area contributed by atoms with Crippen LogP contribution in [0.25, 0.3) is 11.1 Å². The predicted octanol–water partition coefficient (Wildman–Crippen LogP) is 3.83. The summed E-state index contributed by atoms with van der Waals surface area (Å²) in [7, 11) is 0. The third-order valence-electron chi connectivity index (χ3n) is 7.55. The molecule has 0 saturated carbocycles. The van der Waals surface area contributed by atoms with Crippen molar-refractivity contribution in [3.63, 3.8) is 0 Å². The van der Waals surface area contributed by atoms with Gasteiger partial charge in [0.05, 0.1) is 11.6 Å². The highest BCUT2D eigenvalue weighted by atomic mass is 16.5. The summed E-state index contributed by atoms with van der Waals surface area (Å²) >= 11 is 0. The molecule has 0 radical (unpaired) electrons. The van der Waals surface area contributed by atoms with E-state index in [1.165, 1.54) is 10.6 Å². The Hall–Kier alpha value is -4.05. The summed E-state index contributed by atoms with van der Waals surface area (Å²) in [6, 6.07) is 13.5. The minimum atomic E-state index is -0.905. The number of Topliss-reactive ketones (excluding diaryl/α,β-unsaturated/α-hetero) is 1. The van der Waals surface area contributed by atoms with Gasteiger partial charge in [-0.1, -0.05) is 71.0 Å². The number of ether oxygens (including phenoxy) is 1. The van der Waals surface area contributed by atoms with Crippen LogP contribution in [0, 0.1) is 11.8 Å². The van der Waals surface area contributed by atoms with Crippen LogP contribution >= 0.6 is 0 Å². The van der Waals surface area contributed by atoms with Gasteiger partial charge in [-0.3, -0.25) is 24.2 Å². The number of nitrogens with one attached hydrogen (secondary N) is 3. The van der Waals surface area contributed by atoms with Gasteiger partial charge in [-0.05, 0) is 59.9 Å². The Bertz CT molecular complexity index is 1290. The van der Waals surface area contributed by atoms with Crippen molar-refractivity contribution in [2.24, 2.45) is 11.8 Å². The Morgan fingerprint density at radius 3 is 2.18 bits per heavy atom. The normalized spacial score (nSPS) is 15.5. The lowest BCUT2D eigenvalue weighted by Gasteiger charge is -2.36. The molecule has 10 nitrogen and oxygen atoms in total. The standard InChI is InChI=1S/C34H46N4O6/c1-6-24-9-11-25(12-10-24)26-13-15-27(16-14-26)34(43)44-21-29(39)32(23(4)5)37-33(42)28-8-7-18-36-38(28)31(41)17-19-35-30(40)20-22(2)3/h9-16,22-23,28,32,36H,6-8,17-21H2,1-5H3,(H,35,40)(H,37,42)/t28-,32+/m0/s1. The molecule has 0 bridgehead atoms. The molecule has 44 heavy (non-hydrogen) atoms. The molecule has 0 unspecified atom stereocenters. The molecule has 1 fully saturated rings. The average molecular weight is 607 g/mol. The molecule has 2 atom stereocenters. The Kier molecular flexibility index (Phi) is 13.1. The fourth-order valence-corrected chi connectivity index (χ4v) is 5.03. The molecule has 238 valence electrons. The van der Waals surface area contributed by atoms with Gasteiger partial charge >= 0.3 is 5.97 Å². The molecule has 0 spiro atoms. The Balaban J connectivity index is 1.54. The lowest BCUT2D eigenvalue weighted by molar-refractivity contribution is -0.147. The molecule has 3 N–H and O–H groups in total. The third-order valence-corrected chi connectivity index (χ3v) is 7.55. The van der Waals surface area contributed by atoms with Gasteiger partial charge in [0.25, 0.3) is 0 Å². The van der Waals surface area contributed by atoms with Crippen molar-refractivity contribution in [3.05, 3.63) is 59.7 Å². The molecule has 10 heteroatoms. The van der Waals surface area contributed by atoms with Gasteiger partial charge in [0.1, 0.15) is 6.04 Å². The fourth-order valence-electron chi connectivity index (χ4n) is 5.03. The van der Waals surface area contributed by atoms with Crippen molar-refractivity contribution in [3.8, 4) is 11.1 Å². The van der Waals surface area contributed by atoms with E-state index in [-0.39, 0.29) is 36.6 Å². The first-order valence-corrected chi connectivity index (χ1v) is 15.5. The monoisotopic (exact) mass is 606 g/mol. The van der Waals surface area contributed by atoms with Crippen molar-refractivity contribution in [2.75, 3.05) is 19.7 Å². The van der Waals surface area contributed by atoms with Gasteiger partial charge in [-0.15, -0.1) is 0 Å². The van der Waals surface area contributed by atoms with E-state index in [1.807, 2.05) is 38.1 Å². The minimum Gasteiger partial charge on any atom is -0.454 e. The van der Waals surface area contributed by atoms with Gasteiger partial charge in [0, 0.05) is 25.9 Å². The maximum Gasteiger partial charge on any atom is 0.338 e. The van der Waals surface area contributed by atoms with Crippen molar-refractivity contribution in [2.45, 2.75) is 78.8 Å². The van der Waals surface area contributed by atoms with E-state index in [4.69, 9.17) is 4.74 Å². The van der Waals surface area contributed by atoms with E-state index in [2.05, 4.69) is 35.1 Å². The molecule has 1 saturated heterocycles. The van der Waals surface area contributed by atoms with Crippen molar-refractivity contribution in [1.82, 2.24) is 21.1 Å². The number of aryl methyl sites for hydroxylation is 1. The van der Waals surface area contributed by atoms with Crippen molar-refractivity contribution >= 4 is 29.5 Å². The summed E-state index contributed by atoms with van der Waals surface area (Å²) in [5, 5.41) is 6.82. The number of hydrogen-bond acceptors (Lipinski definition) is 7. The third kappa shape index (κ3) is 10.0. The lowest BCUT2D eigenvalue weighted by atomic mass is 9.98. The second kappa shape index (κ2) is 16.7. The van der Waals surface area contributed by atoms with E-state index in [1.54, 1.807) is 26.0 Å². The van der Waals surface area contributed by atoms with Crippen LogP contribution in [0.5, 0.6) is 0 Å². The number of rotatable bonds is 14. The van der Waals surface area contributed by atoms with Crippen molar-refractivity contribution in [1.29, 1.82) is 0 Å². The summed E-state index contributed by atoms with van der Waals surface area (Å²) in [4.78, 5) is 63.9. The second-order valence-corrected chi connectivity index (χ2v) is 11.9. The van der Waals surface area contributed by atoms with Crippen LogP contribution in [0.2, 0.25) is 0 Å². The molecule has 3 rings (SSSR count). The van der Waals surface area contributed by atoms with Gasteiger partial charge in [0.15, 0.2) is 12.4 Å². The lowest BCUT2D eigenvalue weighted by Crippen LogP contribution is -2.61. The summed E-state index contributed by atoms with van der Waals surface area (Å²) in [6.45, 7) is 9.77. The molecule has 1 aliphatic rings. The summed E-state index contributed by atoms with van der Waals surface area (Å²) in [6.07, 6.45) is 2.48. The second-order valence-electron chi connectivity index (χ2n) is 11.9. The SMILES string of the molecule is CCc1ccc(-c2ccc(C(=O)OCC(=O)[C@H](NC(=O)[C@@H]3CCCNN3C(=O)CCNC(=O)CC(C)C)C(C)C)cc2)cc1. The molecule has 2 aromatic rings. The topological polar surface area (TPSA) is 134 Å². The highest BCUT2D eigenvalue weighted by Gasteiger charge is 2.35. The summed E-state index contributed by atoms with van der Waals surface area (Å²) in [5.41, 5.74) is 6.55. The number of nitrogens with zero attached hydrogens (tertiary/aromatic N) is 1. The van der Waals surface area contributed by atoms with Crippen LogP contribution in [0.3, 0.4) is 0 Å². The molecule has 3 amide bonds. The molecular weight excluding hydrogens is 560 g/mol. The molecule has 1 aliphatic heterocycles.